The lowest BCUT2D eigenvalue weighted by molar-refractivity contribution is -0.144. The molecule has 2 fully saturated rings. The molecule has 1 saturated heterocycles. The van der Waals surface area contributed by atoms with Gasteiger partial charge in [0.05, 0.1) is 0 Å². The van der Waals surface area contributed by atoms with Gasteiger partial charge in [0.1, 0.15) is 6.04 Å². The van der Waals surface area contributed by atoms with E-state index in [1.165, 1.54) is 17.7 Å². The number of hydrogen-bond acceptors (Lipinski definition) is 3. The van der Waals surface area contributed by atoms with Crippen LogP contribution in [-0.4, -0.2) is 28.6 Å². The van der Waals surface area contributed by atoms with Crippen LogP contribution in [-0.2, 0) is 4.79 Å². The van der Waals surface area contributed by atoms with E-state index in [4.69, 9.17) is 0 Å². The second-order valence-electron chi connectivity index (χ2n) is 5.58. The molecule has 0 radical (unpaired) electrons. The lowest BCUT2D eigenvalue weighted by Crippen LogP contribution is -2.41. The average molecular weight is 265 g/mol. The highest BCUT2D eigenvalue weighted by molar-refractivity contribution is 7.10. The summed E-state index contributed by atoms with van der Waals surface area (Å²) >= 11 is 1.77. The molecule has 3 unspecified atom stereocenters. The number of hydrogen-bond donors (Lipinski definition) is 1. The highest BCUT2D eigenvalue weighted by atomic mass is 32.1. The molecule has 1 aromatic rings. The van der Waals surface area contributed by atoms with Crippen molar-refractivity contribution in [2.24, 2.45) is 11.8 Å². The molecular formula is C14H19NO2S. The first-order valence-electron chi connectivity index (χ1n) is 6.70. The maximum atomic E-state index is 11.5. The number of carboxylic acids is 1. The molecule has 2 aliphatic rings. The molecule has 1 aromatic heterocycles. The molecule has 0 spiro atoms. The number of likely N-dealkylation sites (tertiary alicyclic amines) is 1. The summed E-state index contributed by atoms with van der Waals surface area (Å²) < 4.78 is 0. The zero-order valence-corrected chi connectivity index (χ0v) is 11.4. The lowest BCUT2D eigenvalue weighted by Gasteiger charge is -2.31. The average Bonchev–Trinajstić information content (AvgIpc) is 2.86. The highest BCUT2D eigenvalue weighted by Gasteiger charge is 2.46. The van der Waals surface area contributed by atoms with Gasteiger partial charge in [0.15, 0.2) is 0 Å². The van der Waals surface area contributed by atoms with Crippen molar-refractivity contribution in [3.05, 3.63) is 22.4 Å². The Balaban J connectivity index is 1.88. The Bertz CT molecular complexity index is 427. The van der Waals surface area contributed by atoms with Gasteiger partial charge in [0, 0.05) is 10.9 Å². The van der Waals surface area contributed by atoms with Crippen LogP contribution in [0.3, 0.4) is 0 Å². The maximum absolute atomic E-state index is 11.5. The van der Waals surface area contributed by atoms with Crippen molar-refractivity contribution in [2.75, 3.05) is 6.54 Å². The summed E-state index contributed by atoms with van der Waals surface area (Å²) in [6.45, 7) is 2.99. The molecule has 4 heteroatoms. The minimum Gasteiger partial charge on any atom is -0.480 e. The third-order valence-corrected chi connectivity index (χ3v) is 5.20. The van der Waals surface area contributed by atoms with Crippen LogP contribution in [0.15, 0.2) is 17.5 Å². The van der Waals surface area contributed by atoms with E-state index in [2.05, 4.69) is 29.3 Å². The smallest absolute Gasteiger partial charge is 0.321 e. The van der Waals surface area contributed by atoms with Crippen LogP contribution in [0.2, 0.25) is 0 Å². The number of carboxylic acid groups (broad SMARTS) is 1. The van der Waals surface area contributed by atoms with Crippen molar-refractivity contribution in [2.45, 2.75) is 38.3 Å². The zero-order chi connectivity index (χ0) is 12.7. The molecular weight excluding hydrogens is 246 g/mol. The monoisotopic (exact) mass is 265 g/mol. The Hall–Kier alpha value is -0.870. The summed E-state index contributed by atoms with van der Waals surface area (Å²) in [6.07, 6.45) is 3.51. The largest absolute Gasteiger partial charge is 0.480 e. The van der Waals surface area contributed by atoms with E-state index in [1.807, 2.05) is 0 Å². The molecule has 1 aliphatic carbocycles. The van der Waals surface area contributed by atoms with Crippen molar-refractivity contribution < 1.29 is 9.90 Å². The number of nitrogens with zero attached hydrogens (tertiary/aromatic N) is 1. The minimum absolute atomic E-state index is 0.267. The molecule has 3 nitrogen and oxygen atoms in total. The minimum atomic E-state index is -0.651. The van der Waals surface area contributed by atoms with Gasteiger partial charge in [-0.1, -0.05) is 13.0 Å². The van der Waals surface area contributed by atoms with Gasteiger partial charge in [-0.3, -0.25) is 9.69 Å². The van der Waals surface area contributed by atoms with E-state index in [1.54, 1.807) is 11.3 Å². The Morgan fingerprint density at radius 1 is 1.50 bits per heavy atom. The predicted molar refractivity (Wildman–Crippen MR) is 71.7 cm³/mol. The molecule has 1 aliphatic heterocycles. The Labute approximate surface area is 111 Å². The van der Waals surface area contributed by atoms with Crippen molar-refractivity contribution in [3.8, 4) is 0 Å². The molecule has 0 aromatic carbocycles. The van der Waals surface area contributed by atoms with Gasteiger partial charge in [-0.15, -0.1) is 11.3 Å². The van der Waals surface area contributed by atoms with Crippen LogP contribution < -0.4 is 0 Å². The van der Waals surface area contributed by atoms with Gasteiger partial charge in [0.25, 0.3) is 0 Å². The van der Waals surface area contributed by atoms with Crippen LogP contribution in [0.4, 0.5) is 0 Å². The van der Waals surface area contributed by atoms with Crippen molar-refractivity contribution in [3.63, 3.8) is 0 Å². The summed E-state index contributed by atoms with van der Waals surface area (Å²) in [7, 11) is 0. The maximum Gasteiger partial charge on any atom is 0.321 e. The Morgan fingerprint density at radius 2 is 2.28 bits per heavy atom. The van der Waals surface area contributed by atoms with Gasteiger partial charge in [-0.2, -0.15) is 0 Å². The topological polar surface area (TPSA) is 40.5 Å². The summed E-state index contributed by atoms with van der Waals surface area (Å²) in [4.78, 5) is 15.1. The summed E-state index contributed by atoms with van der Waals surface area (Å²) in [5.41, 5.74) is 0. The zero-order valence-electron chi connectivity index (χ0n) is 10.6. The quantitative estimate of drug-likeness (QED) is 0.910. The van der Waals surface area contributed by atoms with Crippen LogP contribution in [0.1, 0.15) is 37.1 Å². The van der Waals surface area contributed by atoms with Crippen molar-refractivity contribution >= 4 is 17.3 Å². The molecule has 1 N–H and O–H groups in total. The highest BCUT2D eigenvalue weighted by Crippen LogP contribution is 2.48. The van der Waals surface area contributed by atoms with Gasteiger partial charge >= 0.3 is 5.97 Å². The lowest BCUT2D eigenvalue weighted by atomic mass is 10.0. The summed E-state index contributed by atoms with van der Waals surface area (Å²) in [5, 5.41) is 11.6. The number of rotatable bonds is 4. The van der Waals surface area contributed by atoms with Crippen LogP contribution in [0.25, 0.3) is 0 Å². The molecule has 18 heavy (non-hydrogen) atoms. The van der Waals surface area contributed by atoms with Crippen LogP contribution in [0, 0.1) is 11.8 Å². The van der Waals surface area contributed by atoms with Crippen molar-refractivity contribution in [1.82, 2.24) is 4.90 Å². The fourth-order valence-electron chi connectivity index (χ4n) is 3.21. The third kappa shape index (κ3) is 2.08. The first-order valence-corrected chi connectivity index (χ1v) is 7.58. The number of carbonyl (C=O) groups is 1. The number of thiophene rings is 1. The first kappa shape index (κ1) is 12.2. The molecule has 1 saturated carbocycles. The van der Waals surface area contributed by atoms with E-state index in [0.717, 1.165) is 13.0 Å². The van der Waals surface area contributed by atoms with E-state index >= 15 is 0 Å². The summed E-state index contributed by atoms with van der Waals surface area (Å²) in [6, 6.07) is 4.29. The standard InChI is InChI=1S/C14H19NO2S/c1-9-6-7-15(12(9)14(16)17)13(10-4-5-10)11-3-2-8-18-11/h2-3,8-10,12-13H,4-7H2,1H3,(H,16,17). The number of aliphatic carboxylic acids is 1. The second-order valence-corrected chi connectivity index (χ2v) is 6.56. The van der Waals surface area contributed by atoms with Crippen molar-refractivity contribution in [1.29, 1.82) is 0 Å². The predicted octanol–water partition coefficient (Wildman–Crippen LogP) is 2.99. The molecule has 2 heterocycles. The first-order chi connectivity index (χ1) is 8.68. The Kier molecular flexibility index (Phi) is 3.16. The van der Waals surface area contributed by atoms with E-state index in [9.17, 15) is 9.90 Å². The second kappa shape index (κ2) is 4.67. The van der Waals surface area contributed by atoms with Crippen LogP contribution >= 0.6 is 11.3 Å². The molecule has 0 bridgehead atoms. The molecule has 98 valence electrons. The summed E-state index contributed by atoms with van der Waals surface area (Å²) in [5.74, 6) is 0.293. The molecule has 3 rings (SSSR count). The molecule has 3 atom stereocenters. The van der Waals surface area contributed by atoms with Gasteiger partial charge in [-0.05, 0) is 49.1 Å². The van der Waals surface area contributed by atoms with E-state index < -0.39 is 5.97 Å². The molecule has 0 amide bonds. The van der Waals surface area contributed by atoms with Gasteiger partial charge in [-0.25, -0.2) is 0 Å². The van der Waals surface area contributed by atoms with Gasteiger partial charge < -0.3 is 5.11 Å². The fraction of sp³-hybridized carbons (Fsp3) is 0.643. The van der Waals surface area contributed by atoms with E-state index in [0.29, 0.717) is 12.0 Å². The van der Waals surface area contributed by atoms with Gasteiger partial charge in [0.2, 0.25) is 0 Å². The fourth-order valence-corrected chi connectivity index (χ4v) is 4.15. The SMILES string of the molecule is CC1CCN(C(c2cccs2)C2CC2)C1C(=O)O. The normalized spacial score (nSPS) is 30.5. The van der Waals surface area contributed by atoms with Crippen LogP contribution in [0.5, 0.6) is 0 Å². The third-order valence-electron chi connectivity index (χ3n) is 4.25. The Morgan fingerprint density at radius 3 is 2.83 bits per heavy atom. The van der Waals surface area contributed by atoms with E-state index in [-0.39, 0.29) is 12.0 Å².